The molecule has 0 aromatic carbocycles. The molecule has 2 aromatic rings. The Balaban J connectivity index is 1.80. The summed E-state index contributed by atoms with van der Waals surface area (Å²) in [5.41, 5.74) is 6.10. The van der Waals surface area contributed by atoms with Gasteiger partial charge < -0.3 is 15.5 Å². The molecule has 9 nitrogen and oxygen atoms in total. The largest absolute Gasteiger partial charge is 0.364 e. The fourth-order valence-electron chi connectivity index (χ4n) is 3.83. The summed E-state index contributed by atoms with van der Waals surface area (Å²) in [7, 11) is 1.74. The third-order valence-electron chi connectivity index (χ3n) is 5.21. The second kappa shape index (κ2) is 6.08. The van der Waals surface area contributed by atoms with Crippen molar-refractivity contribution in [2.45, 2.75) is 44.7 Å². The van der Waals surface area contributed by atoms with Crippen molar-refractivity contribution in [3.63, 3.8) is 0 Å². The van der Waals surface area contributed by atoms with Crippen molar-refractivity contribution in [1.29, 1.82) is 0 Å². The molecular formula is C17H21N7O2. The first-order valence-electron chi connectivity index (χ1n) is 8.76. The summed E-state index contributed by atoms with van der Waals surface area (Å²) in [6.45, 7) is 1.92. The van der Waals surface area contributed by atoms with Crippen LogP contribution in [-0.2, 0) is 4.79 Å². The zero-order valence-electron chi connectivity index (χ0n) is 14.8. The van der Waals surface area contributed by atoms with Gasteiger partial charge in [0.25, 0.3) is 11.9 Å². The Morgan fingerprint density at radius 1 is 1.31 bits per heavy atom. The molecule has 3 heterocycles. The van der Waals surface area contributed by atoms with E-state index in [2.05, 4.69) is 20.0 Å². The van der Waals surface area contributed by atoms with Gasteiger partial charge in [-0.1, -0.05) is 12.8 Å². The Morgan fingerprint density at radius 3 is 2.69 bits per heavy atom. The summed E-state index contributed by atoms with van der Waals surface area (Å²) >= 11 is 0. The van der Waals surface area contributed by atoms with E-state index in [1.807, 2.05) is 6.92 Å². The van der Waals surface area contributed by atoms with Crippen molar-refractivity contribution in [3.05, 3.63) is 24.2 Å². The van der Waals surface area contributed by atoms with E-state index >= 15 is 0 Å². The summed E-state index contributed by atoms with van der Waals surface area (Å²) in [5, 5.41) is 4.12. The van der Waals surface area contributed by atoms with Crippen molar-refractivity contribution < 1.29 is 9.59 Å². The van der Waals surface area contributed by atoms with Crippen LogP contribution in [0.2, 0.25) is 0 Å². The molecule has 2 aromatic heterocycles. The molecule has 1 aliphatic heterocycles. The number of carbonyl (C=O) groups excluding carboxylic acids is 2. The lowest BCUT2D eigenvalue weighted by atomic mass is 10.1. The lowest BCUT2D eigenvalue weighted by Gasteiger charge is -2.42. The summed E-state index contributed by atoms with van der Waals surface area (Å²) in [6.07, 6.45) is 7.65. The normalized spacial score (nSPS) is 20.5. The number of nitrogens with zero attached hydrogens (tertiary/aromatic N) is 6. The molecule has 136 valence electrons. The molecule has 0 saturated heterocycles. The highest BCUT2D eigenvalue weighted by molar-refractivity contribution is 6.04. The monoisotopic (exact) mass is 355 g/mol. The van der Waals surface area contributed by atoms with Crippen LogP contribution in [0.15, 0.2) is 18.5 Å². The summed E-state index contributed by atoms with van der Waals surface area (Å²) in [6, 6.07) is 1.54. The van der Waals surface area contributed by atoms with Gasteiger partial charge in [0, 0.05) is 19.3 Å². The van der Waals surface area contributed by atoms with Gasteiger partial charge >= 0.3 is 0 Å². The number of primary amides is 1. The Bertz CT molecular complexity index is 872. The first-order chi connectivity index (χ1) is 12.5. The molecule has 1 unspecified atom stereocenters. The first kappa shape index (κ1) is 16.5. The molecule has 0 radical (unpaired) electrons. The van der Waals surface area contributed by atoms with Crippen LogP contribution in [0.1, 0.15) is 43.1 Å². The number of amides is 2. The Morgan fingerprint density at radius 2 is 2.04 bits per heavy atom. The molecule has 2 aliphatic rings. The van der Waals surface area contributed by atoms with Gasteiger partial charge in [-0.25, -0.2) is 9.67 Å². The third-order valence-corrected chi connectivity index (χ3v) is 5.21. The van der Waals surface area contributed by atoms with Crippen molar-refractivity contribution in [1.82, 2.24) is 19.7 Å². The minimum atomic E-state index is -0.603. The number of hydrogen-bond donors (Lipinski definition) is 1. The average molecular weight is 355 g/mol. The third kappa shape index (κ3) is 2.51. The predicted octanol–water partition coefficient (Wildman–Crippen LogP) is 0.875. The van der Waals surface area contributed by atoms with Gasteiger partial charge in [-0.05, 0) is 25.8 Å². The highest BCUT2D eigenvalue weighted by atomic mass is 16.2. The van der Waals surface area contributed by atoms with Crippen LogP contribution in [-0.4, -0.2) is 50.7 Å². The molecular weight excluding hydrogens is 334 g/mol. The second-order valence-corrected chi connectivity index (χ2v) is 6.81. The van der Waals surface area contributed by atoms with Gasteiger partial charge in [-0.2, -0.15) is 10.1 Å². The van der Waals surface area contributed by atoms with Gasteiger partial charge in [0.05, 0.1) is 6.20 Å². The maximum Gasteiger partial charge on any atom is 0.269 e. The van der Waals surface area contributed by atoms with Gasteiger partial charge in [0.2, 0.25) is 5.91 Å². The fourth-order valence-corrected chi connectivity index (χ4v) is 3.83. The highest BCUT2D eigenvalue weighted by Crippen LogP contribution is 2.38. The standard InChI is InChI=1S/C17H21N7O2/c1-10-16(26)22(2)13-9-19-17(23-8-7-12(21-23)14(18)25)20-15(13)24(10)11-5-3-4-6-11/h7-11H,3-6H2,1-2H3,(H2,18,25). The molecule has 9 heteroatoms. The molecule has 0 bridgehead atoms. The van der Waals surface area contributed by atoms with Crippen molar-refractivity contribution >= 4 is 23.3 Å². The molecule has 1 saturated carbocycles. The molecule has 2 N–H and O–H groups in total. The number of nitrogens with two attached hydrogens (primary N) is 1. The lowest BCUT2D eigenvalue weighted by Crippen LogP contribution is -2.54. The number of aromatic nitrogens is 4. The summed E-state index contributed by atoms with van der Waals surface area (Å²) in [4.78, 5) is 36.7. The van der Waals surface area contributed by atoms with E-state index < -0.39 is 5.91 Å². The Kier molecular flexibility index (Phi) is 3.86. The summed E-state index contributed by atoms with van der Waals surface area (Å²) < 4.78 is 1.42. The number of carbonyl (C=O) groups is 2. The molecule has 1 atom stereocenters. The molecule has 2 amide bonds. The van der Waals surface area contributed by atoms with Crippen LogP contribution in [0, 0.1) is 0 Å². The van der Waals surface area contributed by atoms with Crippen LogP contribution in [0.25, 0.3) is 5.95 Å². The van der Waals surface area contributed by atoms with Crippen LogP contribution in [0.4, 0.5) is 11.5 Å². The second-order valence-electron chi connectivity index (χ2n) is 6.81. The van der Waals surface area contributed by atoms with E-state index in [1.165, 1.54) is 10.7 Å². The quantitative estimate of drug-likeness (QED) is 0.875. The van der Waals surface area contributed by atoms with Crippen LogP contribution in [0.5, 0.6) is 0 Å². The van der Waals surface area contributed by atoms with Gasteiger partial charge in [-0.3, -0.25) is 9.59 Å². The maximum absolute atomic E-state index is 12.6. The van der Waals surface area contributed by atoms with E-state index in [1.54, 1.807) is 24.3 Å². The number of rotatable bonds is 3. The Labute approximate surface area is 150 Å². The smallest absolute Gasteiger partial charge is 0.269 e. The van der Waals surface area contributed by atoms with E-state index in [4.69, 9.17) is 5.73 Å². The molecule has 1 fully saturated rings. The van der Waals surface area contributed by atoms with Crippen LogP contribution < -0.4 is 15.5 Å². The topological polar surface area (TPSA) is 110 Å². The van der Waals surface area contributed by atoms with E-state index in [0.29, 0.717) is 17.7 Å². The molecule has 26 heavy (non-hydrogen) atoms. The minimum Gasteiger partial charge on any atom is -0.364 e. The van der Waals surface area contributed by atoms with Gasteiger partial charge in [0.15, 0.2) is 5.82 Å². The highest BCUT2D eigenvalue weighted by Gasteiger charge is 2.39. The number of anilines is 2. The zero-order valence-corrected chi connectivity index (χ0v) is 14.8. The predicted molar refractivity (Wildman–Crippen MR) is 95.3 cm³/mol. The molecule has 0 spiro atoms. The number of likely N-dealkylation sites (N-methyl/N-ethyl adjacent to an activating group) is 1. The molecule has 1 aliphatic carbocycles. The van der Waals surface area contributed by atoms with Crippen LogP contribution >= 0.6 is 0 Å². The lowest BCUT2D eigenvalue weighted by molar-refractivity contribution is -0.119. The average Bonchev–Trinajstić information content (AvgIpc) is 3.31. The number of fused-ring (bicyclic) bond motifs is 1. The molecule has 4 rings (SSSR count). The summed E-state index contributed by atoms with van der Waals surface area (Å²) in [5.74, 6) is 0.505. The van der Waals surface area contributed by atoms with Gasteiger partial charge in [-0.15, -0.1) is 0 Å². The van der Waals surface area contributed by atoms with Crippen LogP contribution in [0.3, 0.4) is 0 Å². The van der Waals surface area contributed by atoms with E-state index in [0.717, 1.165) is 31.5 Å². The number of hydrogen-bond acceptors (Lipinski definition) is 6. The first-order valence-corrected chi connectivity index (χ1v) is 8.76. The van der Waals surface area contributed by atoms with Crippen molar-refractivity contribution in [2.75, 3.05) is 16.8 Å². The minimum absolute atomic E-state index is 0.0378. The maximum atomic E-state index is 12.6. The SMILES string of the molecule is CC1C(=O)N(C)c2cnc(-n3ccc(C(N)=O)n3)nc2N1C1CCCC1. The van der Waals surface area contributed by atoms with E-state index in [9.17, 15) is 9.59 Å². The van der Waals surface area contributed by atoms with E-state index in [-0.39, 0.29) is 17.6 Å². The fraction of sp³-hybridized carbons (Fsp3) is 0.471. The zero-order chi connectivity index (χ0) is 18.4. The van der Waals surface area contributed by atoms with Crippen molar-refractivity contribution in [3.8, 4) is 5.95 Å². The van der Waals surface area contributed by atoms with Crippen molar-refractivity contribution in [2.24, 2.45) is 5.73 Å². The Hall–Kier alpha value is -2.97. The van der Waals surface area contributed by atoms with Gasteiger partial charge in [0.1, 0.15) is 17.4 Å².